The van der Waals surface area contributed by atoms with Crippen molar-refractivity contribution in [1.82, 2.24) is 4.90 Å². The Morgan fingerprint density at radius 3 is 2.46 bits per heavy atom. The molecule has 24 heavy (non-hydrogen) atoms. The van der Waals surface area contributed by atoms with Crippen molar-refractivity contribution in [2.24, 2.45) is 17.6 Å². The molecule has 2 N–H and O–H groups in total. The zero-order valence-corrected chi connectivity index (χ0v) is 15.6. The van der Waals surface area contributed by atoms with E-state index in [-0.39, 0.29) is 30.0 Å². The van der Waals surface area contributed by atoms with Crippen LogP contribution in [0.25, 0.3) is 0 Å². The Morgan fingerprint density at radius 2 is 1.88 bits per heavy atom. The van der Waals surface area contributed by atoms with E-state index >= 15 is 0 Å². The van der Waals surface area contributed by atoms with Gasteiger partial charge in [0.1, 0.15) is 0 Å². The molecule has 0 spiro atoms. The summed E-state index contributed by atoms with van der Waals surface area (Å²) in [5.74, 6) is 1.11. The van der Waals surface area contributed by atoms with Crippen LogP contribution >= 0.6 is 12.4 Å². The number of halogens is 1. The summed E-state index contributed by atoms with van der Waals surface area (Å²) in [5, 5.41) is 0. The van der Waals surface area contributed by atoms with Crippen LogP contribution in [0.1, 0.15) is 45.3 Å². The molecule has 4 nitrogen and oxygen atoms in total. The highest BCUT2D eigenvalue weighted by atomic mass is 35.5. The summed E-state index contributed by atoms with van der Waals surface area (Å²) < 4.78 is 6.12. The van der Waals surface area contributed by atoms with Gasteiger partial charge < -0.3 is 15.4 Å². The van der Waals surface area contributed by atoms with Gasteiger partial charge in [0.25, 0.3) is 5.91 Å². The smallest absolute Gasteiger partial charge is 0.256 e. The number of benzene rings is 1. The molecule has 1 amide bonds. The molecule has 1 aromatic rings. The molecule has 0 radical (unpaired) electrons. The molecule has 1 heterocycles. The highest BCUT2D eigenvalue weighted by Gasteiger charge is 2.44. The number of rotatable bonds is 3. The van der Waals surface area contributed by atoms with Gasteiger partial charge in [-0.15, -0.1) is 12.4 Å². The van der Waals surface area contributed by atoms with Crippen LogP contribution in [-0.2, 0) is 9.53 Å². The second-order valence-electron chi connectivity index (χ2n) is 7.93. The Balaban J connectivity index is 0.00000208. The van der Waals surface area contributed by atoms with Gasteiger partial charge in [0.05, 0.1) is 5.60 Å². The molecule has 1 aromatic carbocycles. The van der Waals surface area contributed by atoms with Gasteiger partial charge in [0.2, 0.25) is 0 Å². The van der Waals surface area contributed by atoms with Gasteiger partial charge in [-0.25, -0.2) is 0 Å². The minimum Gasteiger partial charge on any atom is -0.358 e. The van der Waals surface area contributed by atoms with Gasteiger partial charge in [0.15, 0.2) is 6.10 Å². The summed E-state index contributed by atoms with van der Waals surface area (Å²) in [6, 6.07) is 10.1. The third-order valence-electron chi connectivity index (χ3n) is 5.02. The van der Waals surface area contributed by atoms with Crippen LogP contribution in [0.15, 0.2) is 30.3 Å². The van der Waals surface area contributed by atoms with Crippen LogP contribution in [0.2, 0.25) is 0 Å². The van der Waals surface area contributed by atoms with Crippen molar-refractivity contribution in [3.63, 3.8) is 0 Å². The van der Waals surface area contributed by atoms with E-state index in [1.54, 1.807) is 0 Å². The first-order valence-corrected chi connectivity index (χ1v) is 8.62. The monoisotopic (exact) mass is 352 g/mol. The lowest BCUT2D eigenvalue weighted by molar-refractivity contribution is -0.153. The Kier molecular flexibility index (Phi) is 5.95. The molecule has 1 aliphatic carbocycles. The summed E-state index contributed by atoms with van der Waals surface area (Å²) in [6.07, 6.45) is 1.70. The number of likely N-dealkylation sites (tertiary alicyclic amines) is 1. The highest BCUT2D eigenvalue weighted by Crippen LogP contribution is 2.38. The van der Waals surface area contributed by atoms with Crippen LogP contribution in [0.5, 0.6) is 0 Å². The maximum atomic E-state index is 13.1. The first-order valence-electron chi connectivity index (χ1n) is 8.62. The van der Waals surface area contributed by atoms with Crippen LogP contribution in [0, 0.1) is 11.8 Å². The molecule has 134 valence electrons. The van der Waals surface area contributed by atoms with E-state index in [1.807, 2.05) is 56.0 Å². The quantitative estimate of drug-likeness (QED) is 0.909. The van der Waals surface area contributed by atoms with Gasteiger partial charge in [-0.1, -0.05) is 30.3 Å². The molecule has 0 bridgehead atoms. The highest BCUT2D eigenvalue weighted by molar-refractivity contribution is 5.85. The number of nitrogens with zero attached hydrogens (tertiary/aromatic N) is 1. The Labute approximate surface area is 151 Å². The number of carbonyl (C=O) groups excluding carboxylic acids is 1. The maximum Gasteiger partial charge on any atom is 0.256 e. The second-order valence-corrected chi connectivity index (χ2v) is 7.93. The van der Waals surface area contributed by atoms with Crippen LogP contribution < -0.4 is 5.73 Å². The lowest BCUT2D eigenvalue weighted by Gasteiger charge is -2.30. The largest absolute Gasteiger partial charge is 0.358 e. The van der Waals surface area contributed by atoms with Crippen molar-refractivity contribution in [3.8, 4) is 0 Å². The summed E-state index contributed by atoms with van der Waals surface area (Å²) in [6.45, 7) is 7.58. The Bertz CT molecular complexity index is 558. The lowest BCUT2D eigenvalue weighted by Crippen LogP contribution is -2.39. The maximum absolute atomic E-state index is 13.1. The van der Waals surface area contributed by atoms with Crippen molar-refractivity contribution in [1.29, 1.82) is 0 Å². The molecule has 1 saturated carbocycles. The number of hydrogen-bond donors (Lipinski definition) is 1. The molecule has 1 saturated heterocycles. The van der Waals surface area contributed by atoms with Crippen LogP contribution in [0.4, 0.5) is 0 Å². The zero-order valence-electron chi connectivity index (χ0n) is 14.8. The zero-order chi connectivity index (χ0) is 16.6. The van der Waals surface area contributed by atoms with E-state index in [4.69, 9.17) is 10.5 Å². The fraction of sp³-hybridized carbons (Fsp3) is 0.632. The third-order valence-corrected chi connectivity index (χ3v) is 5.02. The van der Waals surface area contributed by atoms with Gasteiger partial charge in [-0.2, -0.15) is 0 Å². The number of amides is 1. The standard InChI is InChI=1S/C19H28N2O2.ClH/c1-19(2,3)23-17(13-7-5-4-6-8-13)18(22)21-11-14-9-10-16(20)15(14)12-21;/h4-8,14-17H,9-12,20H2,1-3H3;1H. The SMILES string of the molecule is CC(C)(C)OC(C(=O)N1CC2CCC(N)C2C1)c1ccccc1.Cl. The van der Waals surface area contributed by atoms with Crippen LogP contribution in [0.3, 0.4) is 0 Å². The molecular formula is C19H29ClN2O2. The minimum absolute atomic E-state index is 0. The molecule has 0 aromatic heterocycles. The first-order chi connectivity index (χ1) is 10.8. The number of hydrogen-bond acceptors (Lipinski definition) is 3. The number of carbonyl (C=O) groups is 1. The normalized spacial score (nSPS) is 27.5. The molecule has 2 fully saturated rings. The molecule has 4 unspecified atom stereocenters. The van der Waals surface area contributed by atoms with Crippen molar-refractivity contribution in [3.05, 3.63) is 35.9 Å². The molecule has 4 atom stereocenters. The van der Waals surface area contributed by atoms with Gasteiger partial charge in [0, 0.05) is 19.1 Å². The Hall–Kier alpha value is -1.10. The van der Waals surface area contributed by atoms with Gasteiger partial charge in [-0.05, 0) is 51.0 Å². The van der Waals surface area contributed by atoms with Crippen LogP contribution in [-0.4, -0.2) is 35.5 Å². The van der Waals surface area contributed by atoms with Crippen molar-refractivity contribution in [2.75, 3.05) is 13.1 Å². The minimum atomic E-state index is -0.536. The molecule has 3 rings (SSSR count). The van der Waals surface area contributed by atoms with E-state index in [0.29, 0.717) is 11.8 Å². The summed E-state index contributed by atoms with van der Waals surface area (Å²) in [7, 11) is 0. The van der Waals surface area contributed by atoms with Crippen molar-refractivity contribution in [2.45, 2.75) is 51.4 Å². The summed E-state index contributed by atoms with van der Waals surface area (Å²) in [4.78, 5) is 15.1. The predicted octanol–water partition coefficient (Wildman–Crippen LogP) is 3.16. The average Bonchev–Trinajstić information content (AvgIpc) is 3.07. The van der Waals surface area contributed by atoms with E-state index in [0.717, 1.165) is 31.5 Å². The van der Waals surface area contributed by atoms with E-state index < -0.39 is 6.10 Å². The lowest BCUT2D eigenvalue weighted by atomic mass is 9.98. The topological polar surface area (TPSA) is 55.6 Å². The van der Waals surface area contributed by atoms with Crippen molar-refractivity contribution < 1.29 is 9.53 Å². The molecule has 2 aliphatic rings. The van der Waals surface area contributed by atoms with E-state index in [9.17, 15) is 4.79 Å². The fourth-order valence-electron chi connectivity index (χ4n) is 3.90. The number of ether oxygens (including phenoxy) is 1. The van der Waals surface area contributed by atoms with E-state index in [2.05, 4.69) is 0 Å². The van der Waals surface area contributed by atoms with E-state index in [1.165, 1.54) is 0 Å². The third kappa shape index (κ3) is 4.11. The van der Waals surface area contributed by atoms with Gasteiger partial charge >= 0.3 is 0 Å². The fourth-order valence-corrected chi connectivity index (χ4v) is 3.90. The van der Waals surface area contributed by atoms with Gasteiger partial charge in [-0.3, -0.25) is 4.79 Å². The van der Waals surface area contributed by atoms with Crippen molar-refractivity contribution >= 4 is 18.3 Å². The number of nitrogens with two attached hydrogens (primary N) is 1. The molecule has 5 heteroatoms. The Morgan fingerprint density at radius 1 is 1.21 bits per heavy atom. The average molecular weight is 353 g/mol. The predicted molar refractivity (Wildman–Crippen MR) is 98.0 cm³/mol. The molecule has 1 aliphatic heterocycles. The number of fused-ring (bicyclic) bond motifs is 1. The first kappa shape index (κ1) is 19.2. The summed E-state index contributed by atoms with van der Waals surface area (Å²) in [5.41, 5.74) is 6.75. The second kappa shape index (κ2) is 7.42. The molecular weight excluding hydrogens is 324 g/mol. The summed E-state index contributed by atoms with van der Waals surface area (Å²) >= 11 is 0.